The fourth-order valence-corrected chi connectivity index (χ4v) is 1.47. The van der Waals surface area contributed by atoms with Crippen LogP contribution in [0, 0.1) is 0 Å². The smallest absolute Gasteiger partial charge is 0.214 e. The van der Waals surface area contributed by atoms with Gasteiger partial charge in [-0.1, -0.05) is 18.9 Å². The second kappa shape index (κ2) is 7.93. The zero-order valence-electron chi connectivity index (χ0n) is 9.91. The molecule has 0 radical (unpaired) electrons. The van der Waals surface area contributed by atoms with Crippen molar-refractivity contribution in [1.29, 1.82) is 0 Å². The van der Waals surface area contributed by atoms with E-state index in [0.717, 1.165) is 31.7 Å². The maximum absolute atomic E-state index is 5.43. The Kier molecular flexibility index (Phi) is 6.33. The Bertz CT molecular complexity index is 291. The zero-order chi connectivity index (χ0) is 11.6. The maximum atomic E-state index is 5.43. The Hall–Kier alpha value is -1.29. The average Bonchev–Trinajstić information content (AvgIpc) is 2.34. The van der Waals surface area contributed by atoms with Gasteiger partial charge in [0, 0.05) is 12.6 Å². The molecular weight excluding hydrogens is 202 g/mol. The summed E-state index contributed by atoms with van der Waals surface area (Å²) in [5.41, 5.74) is 5.43. The highest BCUT2D eigenvalue weighted by Gasteiger charge is 1.96. The Morgan fingerprint density at radius 3 is 2.81 bits per heavy atom. The van der Waals surface area contributed by atoms with Gasteiger partial charge in [-0.25, -0.2) is 0 Å². The van der Waals surface area contributed by atoms with Crippen LogP contribution in [0.1, 0.15) is 25.7 Å². The van der Waals surface area contributed by atoms with Gasteiger partial charge in [-0.3, -0.25) is 0 Å². The van der Waals surface area contributed by atoms with E-state index in [1.807, 2.05) is 18.2 Å². The van der Waals surface area contributed by atoms with Crippen LogP contribution in [0.3, 0.4) is 0 Å². The second-order valence-corrected chi connectivity index (χ2v) is 3.69. The molecule has 0 spiro atoms. The third kappa shape index (κ3) is 4.98. The van der Waals surface area contributed by atoms with Crippen LogP contribution >= 0.6 is 0 Å². The van der Waals surface area contributed by atoms with Crippen molar-refractivity contribution in [2.45, 2.75) is 25.7 Å². The lowest BCUT2D eigenvalue weighted by molar-refractivity contribution is 0.398. The molecule has 0 aliphatic heterocycles. The number of pyridine rings is 1. The first-order chi connectivity index (χ1) is 7.86. The Balaban J connectivity index is 2.16. The number of hydrogen-bond donors (Lipinski definition) is 2. The summed E-state index contributed by atoms with van der Waals surface area (Å²) in [6, 6.07) is 5.72. The second-order valence-electron chi connectivity index (χ2n) is 3.69. The Morgan fingerprint density at radius 1 is 1.25 bits per heavy atom. The van der Waals surface area contributed by atoms with Gasteiger partial charge in [-0.05, 0) is 25.5 Å². The molecule has 1 aromatic heterocycles. The normalized spacial score (nSPS) is 10.1. The molecule has 0 atom stereocenters. The van der Waals surface area contributed by atoms with Crippen molar-refractivity contribution in [2.24, 2.45) is 5.73 Å². The summed E-state index contributed by atoms with van der Waals surface area (Å²) >= 11 is 0. The third-order valence-corrected chi connectivity index (χ3v) is 2.37. The van der Waals surface area contributed by atoms with Crippen LogP contribution in [-0.4, -0.2) is 25.2 Å². The molecule has 0 aliphatic carbocycles. The molecule has 0 aromatic carbocycles. The first kappa shape index (κ1) is 12.8. The molecule has 3 N–H and O–H groups in total. The van der Waals surface area contributed by atoms with E-state index in [1.165, 1.54) is 12.8 Å². The van der Waals surface area contributed by atoms with Gasteiger partial charge in [0.15, 0.2) is 0 Å². The summed E-state index contributed by atoms with van der Waals surface area (Å²) in [7, 11) is 1.62. The van der Waals surface area contributed by atoms with Gasteiger partial charge in [0.25, 0.3) is 0 Å². The van der Waals surface area contributed by atoms with E-state index in [4.69, 9.17) is 10.5 Å². The van der Waals surface area contributed by atoms with E-state index >= 15 is 0 Å². The van der Waals surface area contributed by atoms with Gasteiger partial charge < -0.3 is 15.8 Å². The highest BCUT2D eigenvalue weighted by molar-refractivity contribution is 5.36. The minimum atomic E-state index is 0.646. The number of unbranched alkanes of at least 4 members (excludes halogenated alkanes) is 3. The number of rotatable bonds is 8. The number of aromatic nitrogens is 1. The predicted molar refractivity (Wildman–Crippen MR) is 66.8 cm³/mol. The number of methoxy groups -OCH3 is 1. The number of hydrogen-bond acceptors (Lipinski definition) is 4. The molecular formula is C12H21N3O. The molecule has 0 amide bonds. The molecule has 90 valence electrons. The molecule has 0 fully saturated rings. The predicted octanol–water partition coefficient (Wildman–Crippen LogP) is 2.02. The summed E-state index contributed by atoms with van der Waals surface area (Å²) in [6.07, 6.45) is 4.70. The van der Waals surface area contributed by atoms with Crippen molar-refractivity contribution in [3.8, 4) is 5.88 Å². The number of nitrogens with one attached hydrogen (secondary N) is 1. The number of nitrogens with two attached hydrogens (primary N) is 1. The monoisotopic (exact) mass is 223 g/mol. The van der Waals surface area contributed by atoms with Gasteiger partial charge in [0.05, 0.1) is 7.11 Å². The summed E-state index contributed by atoms with van der Waals surface area (Å²) in [5, 5.41) is 3.27. The lowest BCUT2D eigenvalue weighted by atomic mass is 10.2. The molecule has 0 aliphatic rings. The van der Waals surface area contributed by atoms with Crippen molar-refractivity contribution >= 4 is 5.82 Å². The van der Waals surface area contributed by atoms with Crippen molar-refractivity contribution in [2.75, 3.05) is 25.5 Å². The summed E-state index contributed by atoms with van der Waals surface area (Å²) in [5.74, 6) is 1.52. The quantitative estimate of drug-likeness (QED) is 0.662. The average molecular weight is 223 g/mol. The zero-order valence-corrected chi connectivity index (χ0v) is 9.91. The largest absolute Gasteiger partial charge is 0.481 e. The summed E-state index contributed by atoms with van der Waals surface area (Å²) < 4.78 is 5.05. The van der Waals surface area contributed by atoms with Crippen LogP contribution in [0.2, 0.25) is 0 Å². The van der Waals surface area contributed by atoms with Crippen LogP contribution in [0.5, 0.6) is 5.88 Å². The Labute approximate surface area is 97.2 Å². The summed E-state index contributed by atoms with van der Waals surface area (Å²) in [6.45, 7) is 1.75. The van der Waals surface area contributed by atoms with E-state index in [0.29, 0.717) is 5.88 Å². The van der Waals surface area contributed by atoms with E-state index in [1.54, 1.807) is 7.11 Å². The van der Waals surface area contributed by atoms with Crippen LogP contribution in [-0.2, 0) is 0 Å². The lowest BCUT2D eigenvalue weighted by Gasteiger charge is -2.06. The minimum absolute atomic E-state index is 0.646. The van der Waals surface area contributed by atoms with E-state index in [-0.39, 0.29) is 0 Å². The molecule has 0 saturated carbocycles. The van der Waals surface area contributed by atoms with Gasteiger partial charge in [-0.2, -0.15) is 4.98 Å². The van der Waals surface area contributed by atoms with E-state index in [2.05, 4.69) is 10.3 Å². The fraction of sp³-hybridized carbons (Fsp3) is 0.583. The van der Waals surface area contributed by atoms with Gasteiger partial charge >= 0.3 is 0 Å². The highest BCUT2D eigenvalue weighted by atomic mass is 16.5. The number of nitrogens with zero attached hydrogens (tertiary/aromatic N) is 1. The minimum Gasteiger partial charge on any atom is -0.481 e. The van der Waals surface area contributed by atoms with E-state index in [9.17, 15) is 0 Å². The van der Waals surface area contributed by atoms with Crippen LogP contribution < -0.4 is 15.8 Å². The summed E-state index contributed by atoms with van der Waals surface area (Å²) in [4.78, 5) is 4.27. The third-order valence-electron chi connectivity index (χ3n) is 2.37. The lowest BCUT2D eigenvalue weighted by Crippen LogP contribution is -2.04. The topological polar surface area (TPSA) is 60.2 Å². The molecule has 16 heavy (non-hydrogen) atoms. The van der Waals surface area contributed by atoms with Crippen molar-refractivity contribution in [3.05, 3.63) is 18.2 Å². The molecule has 0 unspecified atom stereocenters. The number of anilines is 1. The highest BCUT2D eigenvalue weighted by Crippen LogP contribution is 2.10. The van der Waals surface area contributed by atoms with Crippen molar-refractivity contribution in [3.63, 3.8) is 0 Å². The molecule has 1 heterocycles. The first-order valence-electron chi connectivity index (χ1n) is 5.82. The first-order valence-corrected chi connectivity index (χ1v) is 5.82. The number of ether oxygens (including phenoxy) is 1. The van der Waals surface area contributed by atoms with Gasteiger partial charge in [0.2, 0.25) is 5.88 Å². The van der Waals surface area contributed by atoms with Crippen LogP contribution in [0.25, 0.3) is 0 Å². The van der Waals surface area contributed by atoms with E-state index < -0.39 is 0 Å². The molecule has 4 heteroatoms. The van der Waals surface area contributed by atoms with Crippen LogP contribution in [0.15, 0.2) is 18.2 Å². The molecule has 1 aromatic rings. The standard InChI is InChI=1S/C12H21N3O/c1-16-12-8-6-7-11(15-12)14-10-5-3-2-4-9-13/h6-8H,2-5,9-10,13H2,1H3,(H,14,15). The molecule has 0 saturated heterocycles. The fourth-order valence-electron chi connectivity index (χ4n) is 1.47. The van der Waals surface area contributed by atoms with Gasteiger partial charge in [0.1, 0.15) is 5.82 Å². The molecule has 0 bridgehead atoms. The Morgan fingerprint density at radius 2 is 2.06 bits per heavy atom. The van der Waals surface area contributed by atoms with Gasteiger partial charge in [-0.15, -0.1) is 0 Å². The molecule has 4 nitrogen and oxygen atoms in total. The molecule has 1 rings (SSSR count). The van der Waals surface area contributed by atoms with Crippen LogP contribution in [0.4, 0.5) is 5.82 Å². The SMILES string of the molecule is COc1cccc(NCCCCCCN)n1. The maximum Gasteiger partial charge on any atom is 0.214 e. The van der Waals surface area contributed by atoms with Crippen molar-refractivity contribution in [1.82, 2.24) is 4.98 Å². The van der Waals surface area contributed by atoms with Crippen molar-refractivity contribution < 1.29 is 4.74 Å².